The lowest BCUT2D eigenvalue weighted by molar-refractivity contribution is -0.149. The quantitative estimate of drug-likeness (QED) is 0.644. The molecule has 20 heavy (non-hydrogen) atoms. The Morgan fingerprint density at radius 2 is 2.15 bits per heavy atom. The minimum Gasteiger partial charge on any atom is -0.480 e. The van der Waals surface area contributed by atoms with Crippen molar-refractivity contribution in [2.75, 3.05) is 19.7 Å². The van der Waals surface area contributed by atoms with Gasteiger partial charge in [-0.25, -0.2) is 0 Å². The van der Waals surface area contributed by atoms with E-state index in [4.69, 9.17) is 9.84 Å². The molecule has 0 radical (unpaired) electrons. The number of nitrogens with one attached hydrogen (secondary N) is 1. The van der Waals surface area contributed by atoms with Crippen LogP contribution in [0.3, 0.4) is 0 Å². The number of carboxylic acids is 1. The van der Waals surface area contributed by atoms with E-state index < -0.39 is 34.1 Å². The molecular weight excluding hydrogens is 288 g/mol. The van der Waals surface area contributed by atoms with Gasteiger partial charge in [0.05, 0.1) is 12.5 Å². The number of hydrogen-bond donors (Lipinski definition) is 2. The smallest absolute Gasteiger partial charge is 0.321 e. The molecular formula is C11H20N2O6S. The van der Waals surface area contributed by atoms with Crippen molar-refractivity contribution < 1.29 is 27.9 Å². The highest BCUT2D eigenvalue weighted by molar-refractivity contribution is 7.87. The van der Waals surface area contributed by atoms with E-state index in [2.05, 4.69) is 4.72 Å². The van der Waals surface area contributed by atoms with Crippen LogP contribution in [0, 0.1) is 5.92 Å². The maximum Gasteiger partial charge on any atom is 0.321 e. The van der Waals surface area contributed by atoms with Gasteiger partial charge in [0.1, 0.15) is 6.04 Å². The number of carbonyl (C=O) groups excluding carboxylic acids is 1. The van der Waals surface area contributed by atoms with Crippen LogP contribution in [-0.4, -0.2) is 55.5 Å². The van der Waals surface area contributed by atoms with E-state index in [0.29, 0.717) is 12.8 Å². The van der Waals surface area contributed by atoms with Crippen molar-refractivity contribution in [3.63, 3.8) is 0 Å². The molecule has 1 fully saturated rings. The Balaban J connectivity index is 2.70. The van der Waals surface area contributed by atoms with Gasteiger partial charge in [0, 0.05) is 13.1 Å². The van der Waals surface area contributed by atoms with Gasteiger partial charge in [-0.1, -0.05) is 0 Å². The summed E-state index contributed by atoms with van der Waals surface area (Å²) in [5, 5.41) is 8.73. The molecule has 0 bridgehead atoms. The third-order valence-electron chi connectivity index (χ3n) is 3.04. The van der Waals surface area contributed by atoms with Gasteiger partial charge in [0.2, 0.25) is 0 Å². The highest BCUT2D eigenvalue weighted by Crippen LogP contribution is 2.20. The number of ether oxygens (including phenoxy) is 1. The monoisotopic (exact) mass is 308 g/mol. The zero-order chi connectivity index (χ0) is 15.3. The topological polar surface area (TPSA) is 113 Å². The van der Waals surface area contributed by atoms with Gasteiger partial charge in [-0.3, -0.25) is 9.59 Å². The summed E-state index contributed by atoms with van der Waals surface area (Å²) in [7, 11) is -3.91. The summed E-state index contributed by atoms with van der Waals surface area (Å²) in [6, 6.07) is -1.22. The Kier molecular flexibility index (Phi) is 5.90. The molecule has 0 aliphatic carbocycles. The molecule has 8 nitrogen and oxygen atoms in total. The van der Waals surface area contributed by atoms with Crippen molar-refractivity contribution in [2.45, 2.75) is 32.7 Å². The minimum absolute atomic E-state index is 0.0144. The summed E-state index contributed by atoms with van der Waals surface area (Å²) in [5.74, 6) is -2.17. The van der Waals surface area contributed by atoms with Crippen molar-refractivity contribution in [2.24, 2.45) is 5.92 Å². The number of piperidine rings is 1. The summed E-state index contributed by atoms with van der Waals surface area (Å²) < 4.78 is 32.1. The number of carbonyl (C=O) groups is 2. The normalized spacial score (nSPS) is 22.2. The Morgan fingerprint density at radius 1 is 1.50 bits per heavy atom. The molecule has 2 atom stereocenters. The minimum atomic E-state index is -3.91. The largest absolute Gasteiger partial charge is 0.480 e. The summed E-state index contributed by atoms with van der Waals surface area (Å²) in [5.41, 5.74) is 0. The first-order valence-electron chi connectivity index (χ1n) is 6.44. The van der Waals surface area contributed by atoms with Gasteiger partial charge in [0.15, 0.2) is 0 Å². The molecule has 0 aromatic carbocycles. The molecule has 116 valence electrons. The van der Waals surface area contributed by atoms with E-state index in [1.54, 1.807) is 6.92 Å². The molecule has 2 N–H and O–H groups in total. The SMILES string of the molecule is CCOC(=O)C1CCCN(S(=O)(=O)N[C@@H](C)C(=O)O)C1. The Bertz CT molecular complexity index is 464. The first-order chi connectivity index (χ1) is 9.27. The molecule has 1 aliphatic rings. The van der Waals surface area contributed by atoms with Gasteiger partial charge in [-0.05, 0) is 26.7 Å². The zero-order valence-electron chi connectivity index (χ0n) is 11.5. The molecule has 1 saturated heterocycles. The molecule has 1 aliphatic heterocycles. The fourth-order valence-corrected chi connectivity index (χ4v) is 3.40. The summed E-state index contributed by atoms with van der Waals surface area (Å²) >= 11 is 0. The van der Waals surface area contributed by atoms with Gasteiger partial charge < -0.3 is 9.84 Å². The molecule has 0 aromatic heterocycles. The van der Waals surface area contributed by atoms with Crippen LogP contribution in [0.1, 0.15) is 26.7 Å². The number of aliphatic carboxylic acids is 1. The van der Waals surface area contributed by atoms with Crippen LogP contribution in [0.2, 0.25) is 0 Å². The van der Waals surface area contributed by atoms with Crippen LogP contribution in [0.4, 0.5) is 0 Å². The predicted octanol–water partition coefficient (Wildman–Crippen LogP) is -0.431. The number of hydrogen-bond acceptors (Lipinski definition) is 5. The van der Waals surface area contributed by atoms with Crippen LogP contribution in [0.15, 0.2) is 0 Å². The fraction of sp³-hybridized carbons (Fsp3) is 0.818. The molecule has 1 rings (SSSR count). The molecule has 0 amide bonds. The third kappa shape index (κ3) is 4.43. The number of nitrogens with zero attached hydrogens (tertiary/aromatic N) is 1. The number of esters is 1. The van der Waals surface area contributed by atoms with Crippen LogP contribution >= 0.6 is 0 Å². The molecule has 1 heterocycles. The average molecular weight is 308 g/mol. The third-order valence-corrected chi connectivity index (χ3v) is 4.70. The van der Waals surface area contributed by atoms with Crippen LogP contribution in [-0.2, 0) is 24.5 Å². The highest BCUT2D eigenvalue weighted by Gasteiger charge is 2.34. The standard InChI is InChI=1S/C11H20N2O6S/c1-3-19-11(16)9-5-4-6-13(7-9)20(17,18)12-8(2)10(14)15/h8-9,12H,3-7H2,1-2H3,(H,14,15)/t8-,9?/m0/s1. The molecule has 9 heteroatoms. The number of carboxylic acid groups (broad SMARTS) is 1. The Labute approximate surface area is 118 Å². The van der Waals surface area contributed by atoms with E-state index in [9.17, 15) is 18.0 Å². The van der Waals surface area contributed by atoms with Crippen molar-refractivity contribution in [3.8, 4) is 0 Å². The van der Waals surface area contributed by atoms with E-state index in [1.807, 2.05) is 0 Å². The summed E-state index contributed by atoms with van der Waals surface area (Å²) in [6.45, 7) is 3.45. The van der Waals surface area contributed by atoms with Crippen LogP contribution < -0.4 is 4.72 Å². The molecule has 0 spiro atoms. The zero-order valence-corrected chi connectivity index (χ0v) is 12.4. The molecule has 1 unspecified atom stereocenters. The summed E-state index contributed by atoms with van der Waals surface area (Å²) in [6.07, 6.45) is 1.10. The van der Waals surface area contributed by atoms with E-state index in [1.165, 1.54) is 6.92 Å². The Morgan fingerprint density at radius 3 is 2.70 bits per heavy atom. The van der Waals surface area contributed by atoms with E-state index in [-0.39, 0.29) is 19.7 Å². The van der Waals surface area contributed by atoms with Gasteiger partial charge >= 0.3 is 11.9 Å². The first-order valence-corrected chi connectivity index (χ1v) is 7.88. The van der Waals surface area contributed by atoms with E-state index >= 15 is 0 Å². The molecule has 0 saturated carbocycles. The van der Waals surface area contributed by atoms with Crippen molar-refractivity contribution in [1.82, 2.24) is 9.03 Å². The van der Waals surface area contributed by atoms with Crippen LogP contribution in [0.25, 0.3) is 0 Å². The first kappa shape index (κ1) is 16.9. The maximum absolute atomic E-state index is 12.0. The van der Waals surface area contributed by atoms with Gasteiger partial charge in [0.25, 0.3) is 10.2 Å². The van der Waals surface area contributed by atoms with Crippen molar-refractivity contribution >= 4 is 22.1 Å². The van der Waals surface area contributed by atoms with Crippen LogP contribution in [0.5, 0.6) is 0 Å². The van der Waals surface area contributed by atoms with Crippen molar-refractivity contribution in [1.29, 1.82) is 0 Å². The molecule has 0 aromatic rings. The number of rotatable bonds is 6. The van der Waals surface area contributed by atoms with Gasteiger partial charge in [-0.2, -0.15) is 17.4 Å². The fourth-order valence-electron chi connectivity index (χ4n) is 1.96. The second-order valence-electron chi connectivity index (χ2n) is 4.63. The van der Waals surface area contributed by atoms with Crippen molar-refractivity contribution in [3.05, 3.63) is 0 Å². The lowest BCUT2D eigenvalue weighted by atomic mass is 10.0. The lowest BCUT2D eigenvalue weighted by Gasteiger charge is -2.31. The highest BCUT2D eigenvalue weighted by atomic mass is 32.2. The predicted molar refractivity (Wildman–Crippen MR) is 70.1 cm³/mol. The average Bonchev–Trinajstić information content (AvgIpc) is 2.38. The summed E-state index contributed by atoms with van der Waals surface area (Å²) in [4.78, 5) is 22.3. The van der Waals surface area contributed by atoms with E-state index in [0.717, 1.165) is 4.31 Å². The lowest BCUT2D eigenvalue weighted by Crippen LogP contribution is -2.51. The second-order valence-corrected chi connectivity index (χ2v) is 6.33. The maximum atomic E-state index is 12.0. The van der Waals surface area contributed by atoms with Gasteiger partial charge in [-0.15, -0.1) is 0 Å². The Hall–Kier alpha value is -1.19. The second kappa shape index (κ2) is 7.00.